The number of carbonyl (C=O) groups excluding carboxylic acids is 2. The van der Waals surface area contributed by atoms with Crippen molar-refractivity contribution < 1.29 is 22.8 Å². The first kappa shape index (κ1) is 21.5. The van der Waals surface area contributed by atoms with E-state index in [1.54, 1.807) is 26.2 Å². The molecule has 3 heterocycles. The molecule has 1 aliphatic heterocycles. The van der Waals surface area contributed by atoms with E-state index in [4.69, 9.17) is 4.42 Å². The monoisotopic (exact) mass is 441 g/mol. The van der Waals surface area contributed by atoms with Crippen LogP contribution >= 0.6 is 0 Å². The van der Waals surface area contributed by atoms with Crippen LogP contribution in [0.4, 0.5) is 14.6 Å². The van der Waals surface area contributed by atoms with Gasteiger partial charge in [0.15, 0.2) is 11.6 Å². The number of nitrogens with one attached hydrogen (secondary N) is 1. The van der Waals surface area contributed by atoms with Crippen LogP contribution in [0.3, 0.4) is 0 Å². The van der Waals surface area contributed by atoms with Crippen LogP contribution in [0, 0.1) is 5.92 Å². The minimum atomic E-state index is -3.47. The molecule has 0 aliphatic carbocycles. The third kappa shape index (κ3) is 3.61. The molecule has 0 spiro atoms. The zero-order chi connectivity index (χ0) is 23.0. The van der Waals surface area contributed by atoms with Gasteiger partial charge < -0.3 is 9.73 Å². The first-order chi connectivity index (χ1) is 15.2. The van der Waals surface area contributed by atoms with Crippen LogP contribution in [0.15, 0.2) is 53.3 Å². The Balaban J connectivity index is 1.58. The number of rotatable bonds is 4. The molecule has 3 atom stereocenters. The van der Waals surface area contributed by atoms with E-state index in [9.17, 15) is 18.4 Å². The lowest BCUT2D eigenvalue weighted by Gasteiger charge is -2.25. The number of oxazole rings is 1. The van der Waals surface area contributed by atoms with Gasteiger partial charge in [-0.1, -0.05) is 44.2 Å². The van der Waals surface area contributed by atoms with E-state index >= 15 is 0 Å². The first-order valence-electron chi connectivity index (χ1n) is 10.0. The van der Waals surface area contributed by atoms with Crippen molar-refractivity contribution in [1.82, 2.24) is 20.3 Å². The zero-order valence-corrected chi connectivity index (χ0v) is 17.6. The summed E-state index contributed by atoms with van der Waals surface area (Å²) in [4.78, 5) is 39.5. The maximum atomic E-state index is 14.7. The van der Waals surface area contributed by atoms with Crippen LogP contribution < -0.4 is 10.2 Å². The van der Waals surface area contributed by atoms with Gasteiger partial charge in [-0.15, -0.1) is 0 Å². The summed E-state index contributed by atoms with van der Waals surface area (Å²) in [6.45, 7) is 3.68. The minimum Gasteiger partial charge on any atom is -0.431 e. The molecule has 10 heteroatoms. The molecule has 0 saturated carbocycles. The van der Waals surface area contributed by atoms with Crippen LogP contribution in [0.25, 0.3) is 0 Å². The Morgan fingerprint density at radius 3 is 2.53 bits per heavy atom. The molecule has 1 N–H and O–H groups in total. The molecule has 0 unspecified atom stereocenters. The van der Waals surface area contributed by atoms with E-state index in [1.807, 2.05) is 6.92 Å². The SMILES string of the molecule is C[C@@H]1[C@H](NC(=O)c2ncc(C(F)(F)c3ccccc3)o2)C(=O)N(C)c2nccnc2[C@@H]1C. The number of amides is 2. The number of alkyl halides is 2. The van der Waals surface area contributed by atoms with Crippen LogP contribution in [0.5, 0.6) is 0 Å². The van der Waals surface area contributed by atoms with Crippen molar-refractivity contribution >= 4 is 17.6 Å². The standard InChI is InChI=1S/C22H21F2N5O3/c1-12-13(2)17(21(31)29(3)18-16(12)25-9-10-26-18)28-19(30)20-27-11-15(32-20)22(23,24)14-7-5-4-6-8-14/h4-13,17H,1-3H3,(H,28,30)/t12-,13+,17+/m1/s1. The molecule has 2 aromatic heterocycles. The molecule has 166 valence electrons. The van der Waals surface area contributed by atoms with Gasteiger partial charge in [-0.25, -0.2) is 9.97 Å². The fraction of sp³-hybridized carbons (Fsp3) is 0.318. The van der Waals surface area contributed by atoms with Gasteiger partial charge in [-0.05, 0) is 5.92 Å². The zero-order valence-electron chi connectivity index (χ0n) is 17.6. The van der Waals surface area contributed by atoms with Crippen molar-refractivity contribution in [2.24, 2.45) is 5.92 Å². The maximum Gasteiger partial charge on any atom is 0.331 e. The Morgan fingerprint density at radius 1 is 1.12 bits per heavy atom. The molecule has 0 bridgehead atoms. The van der Waals surface area contributed by atoms with E-state index in [-0.39, 0.29) is 17.4 Å². The highest BCUT2D eigenvalue weighted by Crippen LogP contribution is 2.37. The number of fused-ring (bicyclic) bond motifs is 1. The lowest BCUT2D eigenvalue weighted by molar-refractivity contribution is -0.121. The van der Waals surface area contributed by atoms with Crippen LogP contribution in [-0.4, -0.2) is 39.9 Å². The van der Waals surface area contributed by atoms with E-state index in [0.717, 1.165) is 6.20 Å². The fourth-order valence-corrected chi connectivity index (χ4v) is 3.71. The van der Waals surface area contributed by atoms with Gasteiger partial charge in [0.05, 0.1) is 11.9 Å². The van der Waals surface area contributed by atoms with Crippen molar-refractivity contribution in [3.63, 3.8) is 0 Å². The third-order valence-corrected chi connectivity index (χ3v) is 5.80. The Kier molecular flexibility index (Phi) is 5.45. The number of anilines is 1. The van der Waals surface area contributed by atoms with Crippen molar-refractivity contribution in [1.29, 1.82) is 0 Å². The summed E-state index contributed by atoms with van der Waals surface area (Å²) in [5.41, 5.74) is 0.345. The topological polar surface area (TPSA) is 101 Å². The second-order valence-corrected chi connectivity index (χ2v) is 7.73. The smallest absolute Gasteiger partial charge is 0.331 e. The number of aromatic nitrogens is 3. The van der Waals surface area contributed by atoms with Crippen molar-refractivity contribution in [3.8, 4) is 0 Å². The van der Waals surface area contributed by atoms with Gasteiger partial charge in [-0.2, -0.15) is 8.78 Å². The number of likely N-dealkylation sites (N-methyl/N-ethyl adjacent to an activating group) is 1. The first-order valence-corrected chi connectivity index (χ1v) is 10.0. The fourth-order valence-electron chi connectivity index (χ4n) is 3.71. The number of nitrogens with zero attached hydrogens (tertiary/aromatic N) is 4. The third-order valence-electron chi connectivity index (χ3n) is 5.80. The predicted octanol–water partition coefficient (Wildman–Crippen LogP) is 3.12. The highest BCUT2D eigenvalue weighted by atomic mass is 19.3. The summed E-state index contributed by atoms with van der Waals surface area (Å²) in [5, 5.41) is 2.59. The second kappa shape index (κ2) is 8.10. The summed E-state index contributed by atoms with van der Waals surface area (Å²) in [6.07, 6.45) is 3.85. The van der Waals surface area contributed by atoms with Crippen molar-refractivity contribution in [3.05, 3.63) is 71.8 Å². The summed E-state index contributed by atoms with van der Waals surface area (Å²) in [5.74, 6) is -6.20. The van der Waals surface area contributed by atoms with Gasteiger partial charge in [0, 0.05) is 30.9 Å². The van der Waals surface area contributed by atoms with Gasteiger partial charge >= 0.3 is 11.8 Å². The number of hydrogen-bond acceptors (Lipinski definition) is 6. The molecular formula is C22H21F2N5O3. The number of halogens is 2. The average molecular weight is 441 g/mol. The van der Waals surface area contributed by atoms with Crippen molar-refractivity contribution in [2.45, 2.75) is 31.7 Å². The quantitative estimate of drug-likeness (QED) is 0.668. The van der Waals surface area contributed by atoms with Gasteiger partial charge in [0.1, 0.15) is 6.04 Å². The molecule has 32 heavy (non-hydrogen) atoms. The summed E-state index contributed by atoms with van der Waals surface area (Å²) >= 11 is 0. The van der Waals surface area contributed by atoms with E-state index in [2.05, 4.69) is 20.3 Å². The second-order valence-electron chi connectivity index (χ2n) is 7.73. The lowest BCUT2D eigenvalue weighted by Crippen LogP contribution is -2.50. The summed E-state index contributed by atoms with van der Waals surface area (Å²) in [7, 11) is 1.55. The Labute approximate surface area is 182 Å². The van der Waals surface area contributed by atoms with Gasteiger partial charge in [-0.3, -0.25) is 19.5 Å². The molecule has 4 rings (SSSR count). The van der Waals surface area contributed by atoms with Gasteiger partial charge in [0.2, 0.25) is 0 Å². The molecule has 3 aromatic rings. The van der Waals surface area contributed by atoms with E-state index in [1.165, 1.54) is 35.4 Å². The minimum absolute atomic E-state index is 0.208. The number of carbonyl (C=O) groups is 2. The van der Waals surface area contributed by atoms with Crippen LogP contribution in [-0.2, 0) is 10.7 Å². The van der Waals surface area contributed by atoms with Crippen molar-refractivity contribution in [2.75, 3.05) is 11.9 Å². The molecule has 0 fully saturated rings. The molecule has 0 radical (unpaired) electrons. The molecule has 0 saturated heterocycles. The molecule has 2 amide bonds. The highest BCUT2D eigenvalue weighted by Gasteiger charge is 2.41. The predicted molar refractivity (Wildman–Crippen MR) is 110 cm³/mol. The maximum absolute atomic E-state index is 14.7. The molecule has 8 nitrogen and oxygen atoms in total. The Morgan fingerprint density at radius 2 is 1.81 bits per heavy atom. The molecular weight excluding hydrogens is 420 g/mol. The number of hydrogen-bond donors (Lipinski definition) is 1. The highest BCUT2D eigenvalue weighted by molar-refractivity contribution is 6.01. The molecule has 1 aromatic carbocycles. The summed E-state index contributed by atoms with van der Waals surface area (Å²) < 4.78 is 34.5. The summed E-state index contributed by atoms with van der Waals surface area (Å²) in [6, 6.07) is 6.13. The number of benzene rings is 1. The Hall–Kier alpha value is -3.69. The van der Waals surface area contributed by atoms with Crippen LogP contribution in [0.2, 0.25) is 0 Å². The lowest BCUT2D eigenvalue weighted by atomic mass is 9.87. The Bertz CT molecular complexity index is 1150. The molecule has 1 aliphatic rings. The van der Waals surface area contributed by atoms with Gasteiger partial charge in [0.25, 0.3) is 11.8 Å². The average Bonchev–Trinajstić information content (AvgIpc) is 3.30. The largest absolute Gasteiger partial charge is 0.431 e. The normalized spacial score (nSPS) is 21.1. The van der Waals surface area contributed by atoms with E-state index < -0.39 is 35.4 Å². The van der Waals surface area contributed by atoms with E-state index in [0.29, 0.717) is 11.5 Å². The van der Waals surface area contributed by atoms with Crippen LogP contribution in [0.1, 0.15) is 47.5 Å².